The summed E-state index contributed by atoms with van der Waals surface area (Å²) in [6, 6.07) is 8.24. The second-order valence-electron chi connectivity index (χ2n) is 8.42. The number of pyridine rings is 1. The molecule has 0 spiro atoms. The molecule has 0 saturated heterocycles. The van der Waals surface area contributed by atoms with Gasteiger partial charge >= 0.3 is 0 Å². The van der Waals surface area contributed by atoms with Gasteiger partial charge in [0.1, 0.15) is 5.69 Å². The molecule has 6 nitrogen and oxygen atoms in total. The Morgan fingerprint density at radius 3 is 2.93 bits per heavy atom. The van der Waals surface area contributed by atoms with E-state index in [-0.39, 0.29) is 6.61 Å². The zero-order valence-electron chi connectivity index (χ0n) is 16.6. The normalized spacial score (nSPS) is 20.5. The molecule has 2 bridgehead atoms. The van der Waals surface area contributed by atoms with Crippen molar-refractivity contribution in [2.24, 2.45) is 5.92 Å². The molecule has 2 aromatic heterocycles. The summed E-state index contributed by atoms with van der Waals surface area (Å²) < 4.78 is 1.82. The van der Waals surface area contributed by atoms with E-state index in [2.05, 4.69) is 28.5 Å². The smallest absolute Gasteiger partial charge is 0.108 e. The van der Waals surface area contributed by atoms with Crippen molar-refractivity contribution in [1.29, 1.82) is 0 Å². The summed E-state index contributed by atoms with van der Waals surface area (Å²) in [6.07, 6.45) is 11.0. The average Bonchev–Trinajstić information content (AvgIpc) is 3.19. The van der Waals surface area contributed by atoms with Gasteiger partial charge < -0.3 is 10.8 Å². The number of nitrogens with zero attached hydrogens (tertiary/aromatic N) is 4. The first-order valence-electron chi connectivity index (χ1n) is 10.6. The molecule has 29 heavy (non-hydrogen) atoms. The third-order valence-corrected chi connectivity index (χ3v) is 6.36. The Morgan fingerprint density at radius 2 is 2.07 bits per heavy atom. The zero-order valence-corrected chi connectivity index (χ0v) is 16.6. The highest BCUT2D eigenvalue weighted by molar-refractivity contribution is 5.92. The number of benzene rings is 1. The molecule has 1 aromatic carbocycles. The van der Waals surface area contributed by atoms with Gasteiger partial charge in [-0.2, -0.15) is 0 Å². The van der Waals surface area contributed by atoms with Crippen molar-refractivity contribution in [2.75, 3.05) is 5.73 Å². The van der Waals surface area contributed by atoms with Gasteiger partial charge in [0.15, 0.2) is 0 Å². The molecule has 0 radical (unpaired) electrons. The monoisotopic (exact) mass is 389 g/mol. The molecule has 0 amide bonds. The summed E-state index contributed by atoms with van der Waals surface area (Å²) in [5.74, 6) is 1.09. The van der Waals surface area contributed by atoms with Crippen LogP contribution in [0.3, 0.4) is 0 Å². The Balaban J connectivity index is 1.26. The number of aryl methyl sites for hydroxylation is 1. The fraction of sp³-hybridized carbons (Fsp3) is 0.435. The van der Waals surface area contributed by atoms with Crippen LogP contribution in [0.5, 0.6) is 0 Å². The Labute approximate surface area is 170 Å². The molecular formula is C23H27N5O. The van der Waals surface area contributed by atoms with Gasteiger partial charge in [-0.25, -0.2) is 0 Å². The van der Waals surface area contributed by atoms with Crippen molar-refractivity contribution in [3.8, 4) is 0 Å². The van der Waals surface area contributed by atoms with E-state index in [1.165, 1.54) is 17.7 Å². The molecule has 6 heteroatoms. The number of aromatic nitrogens is 4. The summed E-state index contributed by atoms with van der Waals surface area (Å²) in [6.45, 7) is 0.795. The molecule has 2 aliphatic rings. The van der Waals surface area contributed by atoms with Crippen LogP contribution in [0.25, 0.3) is 10.9 Å². The Morgan fingerprint density at radius 1 is 1.17 bits per heavy atom. The molecule has 0 saturated carbocycles. The minimum atomic E-state index is -0.0512. The minimum Gasteiger partial charge on any atom is -0.398 e. The number of fused-ring (bicyclic) bond motifs is 5. The Kier molecular flexibility index (Phi) is 4.79. The SMILES string of the molecule is Nc1c2c(nc3ccccc13)CC1C=C(CCCCn3cc(CO)nn3)CC2C1. The predicted molar refractivity (Wildman–Crippen MR) is 113 cm³/mol. The third kappa shape index (κ3) is 3.53. The first-order valence-corrected chi connectivity index (χ1v) is 10.6. The summed E-state index contributed by atoms with van der Waals surface area (Å²) in [7, 11) is 0. The molecule has 0 fully saturated rings. The van der Waals surface area contributed by atoms with Crippen molar-refractivity contribution >= 4 is 16.6 Å². The summed E-state index contributed by atoms with van der Waals surface area (Å²) in [5, 5.41) is 18.2. The molecule has 3 N–H and O–H groups in total. The lowest BCUT2D eigenvalue weighted by molar-refractivity contribution is 0.276. The molecule has 150 valence electrons. The maximum Gasteiger partial charge on any atom is 0.108 e. The summed E-state index contributed by atoms with van der Waals surface area (Å²) in [5.41, 5.74) is 13.3. The largest absolute Gasteiger partial charge is 0.398 e. The van der Waals surface area contributed by atoms with Gasteiger partial charge in [0.05, 0.1) is 18.3 Å². The number of aliphatic hydroxyl groups excluding tert-OH is 1. The molecule has 2 atom stereocenters. The van der Waals surface area contributed by atoms with Crippen molar-refractivity contribution in [1.82, 2.24) is 20.0 Å². The van der Waals surface area contributed by atoms with Crippen molar-refractivity contribution < 1.29 is 5.11 Å². The van der Waals surface area contributed by atoms with Crippen LogP contribution in [0.2, 0.25) is 0 Å². The number of nitrogen functional groups attached to an aromatic ring is 1. The number of allylic oxidation sites excluding steroid dienone is 2. The fourth-order valence-electron chi connectivity index (χ4n) is 5.09. The van der Waals surface area contributed by atoms with E-state index in [0.717, 1.165) is 55.2 Å². The van der Waals surface area contributed by atoms with E-state index < -0.39 is 0 Å². The van der Waals surface area contributed by atoms with Gasteiger partial charge in [-0.1, -0.05) is 35.1 Å². The first kappa shape index (κ1) is 18.3. The van der Waals surface area contributed by atoms with E-state index in [1.807, 2.05) is 23.0 Å². The second-order valence-corrected chi connectivity index (χ2v) is 8.42. The van der Waals surface area contributed by atoms with Crippen LogP contribution in [0, 0.1) is 5.92 Å². The standard InChI is InChI=1S/C23H27N5O/c24-23-19-6-1-2-7-20(19)25-21-12-16-9-15(10-17(11-16)22(21)23)5-3-4-8-28-13-18(14-29)26-27-28/h1-2,6-7,9,13,16-17,29H,3-5,8,10-12,14H2,(H2,24,25). The van der Waals surface area contributed by atoms with E-state index in [4.69, 9.17) is 15.8 Å². The zero-order chi connectivity index (χ0) is 19.8. The van der Waals surface area contributed by atoms with Crippen LogP contribution in [0.4, 0.5) is 5.69 Å². The number of hydrogen-bond acceptors (Lipinski definition) is 5. The van der Waals surface area contributed by atoms with Crippen LogP contribution >= 0.6 is 0 Å². The van der Waals surface area contributed by atoms with Gasteiger partial charge in [-0.05, 0) is 56.4 Å². The van der Waals surface area contributed by atoms with Crippen LogP contribution in [-0.4, -0.2) is 25.1 Å². The van der Waals surface area contributed by atoms with Crippen LogP contribution in [-0.2, 0) is 19.6 Å². The number of aliphatic hydroxyl groups is 1. The fourth-order valence-corrected chi connectivity index (χ4v) is 5.09. The maximum absolute atomic E-state index is 9.08. The molecular weight excluding hydrogens is 362 g/mol. The van der Waals surface area contributed by atoms with Crippen LogP contribution in [0.15, 0.2) is 42.1 Å². The number of rotatable bonds is 6. The Bertz CT molecular complexity index is 1070. The summed E-state index contributed by atoms with van der Waals surface area (Å²) in [4.78, 5) is 4.96. The van der Waals surface area contributed by atoms with Gasteiger partial charge in [0, 0.05) is 28.9 Å². The second kappa shape index (κ2) is 7.59. The highest BCUT2D eigenvalue weighted by Gasteiger charge is 2.33. The van der Waals surface area contributed by atoms with Gasteiger partial charge in [-0.15, -0.1) is 5.10 Å². The van der Waals surface area contributed by atoms with E-state index in [0.29, 0.717) is 17.5 Å². The van der Waals surface area contributed by atoms with E-state index >= 15 is 0 Å². The van der Waals surface area contributed by atoms with E-state index in [9.17, 15) is 0 Å². The number of unbranched alkanes of at least 4 members (excludes halogenated alkanes) is 1. The highest BCUT2D eigenvalue weighted by atomic mass is 16.3. The van der Waals surface area contributed by atoms with Crippen LogP contribution in [0.1, 0.15) is 55.0 Å². The molecule has 2 aliphatic carbocycles. The first-order chi connectivity index (χ1) is 14.2. The third-order valence-electron chi connectivity index (χ3n) is 6.36. The molecule has 3 aromatic rings. The number of nitrogens with two attached hydrogens (primary N) is 1. The number of para-hydroxylation sites is 1. The minimum absolute atomic E-state index is 0.0512. The Hall–Kier alpha value is -2.73. The number of anilines is 1. The average molecular weight is 390 g/mol. The molecule has 5 rings (SSSR count). The van der Waals surface area contributed by atoms with Crippen LogP contribution < -0.4 is 5.73 Å². The lowest BCUT2D eigenvalue weighted by Gasteiger charge is -2.36. The quantitative estimate of drug-likeness (QED) is 0.495. The van der Waals surface area contributed by atoms with Gasteiger partial charge in [0.2, 0.25) is 0 Å². The summed E-state index contributed by atoms with van der Waals surface area (Å²) >= 11 is 0. The van der Waals surface area contributed by atoms with Gasteiger partial charge in [-0.3, -0.25) is 9.67 Å². The lowest BCUT2D eigenvalue weighted by atomic mass is 9.70. The molecule has 0 aliphatic heterocycles. The van der Waals surface area contributed by atoms with Crippen molar-refractivity contribution in [2.45, 2.75) is 57.6 Å². The van der Waals surface area contributed by atoms with E-state index in [1.54, 1.807) is 5.57 Å². The molecule has 2 unspecified atom stereocenters. The van der Waals surface area contributed by atoms with Crippen molar-refractivity contribution in [3.05, 3.63) is 59.1 Å². The maximum atomic E-state index is 9.08. The predicted octanol–water partition coefficient (Wildman–Crippen LogP) is 3.75. The van der Waals surface area contributed by atoms with Crippen molar-refractivity contribution in [3.63, 3.8) is 0 Å². The van der Waals surface area contributed by atoms with Gasteiger partial charge in [0.25, 0.3) is 0 Å². The number of hydrogen-bond donors (Lipinski definition) is 2. The molecule has 2 heterocycles. The topological polar surface area (TPSA) is 89.8 Å². The highest BCUT2D eigenvalue weighted by Crippen LogP contribution is 2.47. The lowest BCUT2D eigenvalue weighted by Crippen LogP contribution is -2.24.